The molecule has 0 spiro atoms. The molecule has 2 aromatic carbocycles. The Labute approximate surface area is 183 Å². The van der Waals surface area contributed by atoms with Crippen LogP contribution < -0.4 is 19.6 Å². The Bertz CT molecular complexity index is 1360. The third-order valence-electron chi connectivity index (χ3n) is 4.37. The molecule has 2 aromatic heterocycles. The van der Waals surface area contributed by atoms with Gasteiger partial charge >= 0.3 is 5.97 Å². The number of aromatic nitrogens is 2. The monoisotopic (exact) mass is 488 g/mol. The number of methoxy groups -OCH3 is 1. The number of fused-ring (bicyclic) bond motifs is 3. The lowest BCUT2D eigenvalue weighted by molar-refractivity contribution is -0.142. The van der Waals surface area contributed by atoms with Crippen LogP contribution in [-0.4, -0.2) is 35.7 Å². The van der Waals surface area contributed by atoms with Gasteiger partial charge in [-0.3, -0.25) is 4.79 Å². The molecule has 7 nitrogen and oxygen atoms in total. The number of ether oxygens (including phenoxy) is 3. The molecule has 0 N–H and O–H groups in total. The first kappa shape index (κ1) is 20.4. The second-order valence-electron chi connectivity index (χ2n) is 6.25. The summed E-state index contributed by atoms with van der Waals surface area (Å²) < 4.78 is 18.7. The minimum atomic E-state index is -0.491. The molecule has 2 heterocycles. The van der Waals surface area contributed by atoms with Crippen LogP contribution in [0.1, 0.15) is 12.5 Å². The number of carbonyl (C=O) groups excluding carboxylic acids is 1. The molecular formula is C21H17BrN2O5S. The van der Waals surface area contributed by atoms with Gasteiger partial charge < -0.3 is 14.2 Å². The van der Waals surface area contributed by atoms with Gasteiger partial charge in [0.15, 0.2) is 23.1 Å². The Kier molecular flexibility index (Phi) is 5.74. The zero-order valence-electron chi connectivity index (χ0n) is 16.2. The van der Waals surface area contributed by atoms with E-state index in [1.807, 2.05) is 31.2 Å². The number of imidazole rings is 1. The predicted molar refractivity (Wildman–Crippen MR) is 118 cm³/mol. The number of benzene rings is 2. The van der Waals surface area contributed by atoms with E-state index in [0.29, 0.717) is 32.1 Å². The molecule has 0 fully saturated rings. The van der Waals surface area contributed by atoms with E-state index in [0.717, 1.165) is 16.6 Å². The van der Waals surface area contributed by atoms with Crippen molar-refractivity contribution in [1.82, 2.24) is 9.38 Å². The van der Waals surface area contributed by atoms with Gasteiger partial charge in [0.1, 0.15) is 0 Å². The fourth-order valence-electron chi connectivity index (χ4n) is 2.99. The molecule has 0 atom stereocenters. The van der Waals surface area contributed by atoms with Crippen molar-refractivity contribution in [2.45, 2.75) is 6.92 Å². The topological polar surface area (TPSA) is 79.1 Å². The molecule has 0 aliphatic rings. The highest BCUT2D eigenvalue weighted by molar-refractivity contribution is 9.10. The third-order valence-corrected chi connectivity index (χ3v) is 6.02. The number of hydrogen-bond acceptors (Lipinski definition) is 7. The number of halogens is 1. The zero-order valence-corrected chi connectivity index (χ0v) is 18.6. The SMILES string of the molecule is CCOc1cc(/C=c2\sc3nc4ccccc4n3c2=O)c(Br)cc1OCC(=O)OC. The molecule has 0 aliphatic carbocycles. The Hall–Kier alpha value is -2.91. The summed E-state index contributed by atoms with van der Waals surface area (Å²) in [5.41, 5.74) is 2.20. The van der Waals surface area contributed by atoms with Crippen LogP contribution in [0.25, 0.3) is 22.1 Å². The van der Waals surface area contributed by atoms with Crippen molar-refractivity contribution in [2.24, 2.45) is 0 Å². The van der Waals surface area contributed by atoms with E-state index in [-0.39, 0.29) is 12.2 Å². The zero-order chi connectivity index (χ0) is 21.3. The summed E-state index contributed by atoms with van der Waals surface area (Å²) in [6.45, 7) is 2.04. The first-order valence-electron chi connectivity index (χ1n) is 9.09. The molecule has 154 valence electrons. The third kappa shape index (κ3) is 3.78. The Morgan fingerprint density at radius 2 is 2.00 bits per heavy atom. The molecule has 0 amide bonds. The molecule has 0 aliphatic heterocycles. The molecule has 0 bridgehead atoms. The summed E-state index contributed by atoms with van der Waals surface area (Å²) in [4.78, 5) is 29.6. The molecule has 0 saturated carbocycles. The lowest BCUT2D eigenvalue weighted by Crippen LogP contribution is -2.22. The maximum Gasteiger partial charge on any atom is 0.343 e. The second-order valence-corrected chi connectivity index (χ2v) is 8.12. The minimum absolute atomic E-state index is 0.125. The van der Waals surface area contributed by atoms with Crippen molar-refractivity contribution in [3.63, 3.8) is 0 Å². The van der Waals surface area contributed by atoms with Crippen LogP contribution in [-0.2, 0) is 9.53 Å². The molecule has 4 rings (SSSR count). The maximum atomic E-state index is 13.0. The minimum Gasteiger partial charge on any atom is -0.490 e. The van der Waals surface area contributed by atoms with Crippen LogP contribution in [0, 0.1) is 0 Å². The number of nitrogens with zero attached hydrogens (tertiary/aromatic N) is 2. The maximum absolute atomic E-state index is 13.0. The van der Waals surface area contributed by atoms with Crippen LogP contribution >= 0.6 is 27.3 Å². The van der Waals surface area contributed by atoms with Gasteiger partial charge in [0, 0.05) is 4.47 Å². The van der Waals surface area contributed by atoms with Crippen molar-refractivity contribution in [2.75, 3.05) is 20.3 Å². The summed E-state index contributed by atoms with van der Waals surface area (Å²) >= 11 is 4.83. The normalized spacial score (nSPS) is 11.9. The number of para-hydroxylation sites is 2. The molecule has 9 heteroatoms. The van der Waals surface area contributed by atoms with E-state index in [4.69, 9.17) is 9.47 Å². The van der Waals surface area contributed by atoms with Crippen molar-refractivity contribution < 1.29 is 19.0 Å². The standard InChI is InChI=1S/C21H17BrN2O5S/c1-3-28-16-8-12(13(22)10-17(16)29-11-19(25)27-2)9-18-20(26)24-15-7-5-4-6-14(15)23-21(24)30-18/h4-10H,3,11H2,1-2H3/b18-9-. The van der Waals surface area contributed by atoms with Gasteiger partial charge in [0.25, 0.3) is 5.56 Å². The van der Waals surface area contributed by atoms with E-state index in [9.17, 15) is 9.59 Å². The van der Waals surface area contributed by atoms with Gasteiger partial charge in [-0.1, -0.05) is 39.4 Å². The Morgan fingerprint density at radius 1 is 1.23 bits per heavy atom. The second kappa shape index (κ2) is 8.45. The first-order chi connectivity index (χ1) is 14.5. The largest absolute Gasteiger partial charge is 0.490 e. The van der Waals surface area contributed by atoms with Crippen LogP contribution in [0.4, 0.5) is 0 Å². The van der Waals surface area contributed by atoms with E-state index < -0.39 is 5.97 Å². The van der Waals surface area contributed by atoms with Crippen molar-refractivity contribution in [3.8, 4) is 11.5 Å². The van der Waals surface area contributed by atoms with E-state index >= 15 is 0 Å². The van der Waals surface area contributed by atoms with Crippen LogP contribution in [0.5, 0.6) is 11.5 Å². The van der Waals surface area contributed by atoms with Gasteiger partial charge in [-0.05, 0) is 42.8 Å². The van der Waals surface area contributed by atoms with Crippen molar-refractivity contribution in [1.29, 1.82) is 0 Å². The summed E-state index contributed by atoms with van der Waals surface area (Å²) in [5.74, 6) is 0.380. The molecule has 30 heavy (non-hydrogen) atoms. The van der Waals surface area contributed by atoms with E-state index in [2.05, 4.69) is 25.7 Å². The molecule has 0 saturated heterocycles. The first-order valence-corrected chi connectivity index (χ1v) is 10.7. The van der Waals surface area contributed by atoms with Gasteiger partial charge in [-0.15, -0.1) is 0 Å². The number of carbonyl (C=O) groups is 1. The Balaban J connectivity index is 1.79. The van der Waals surface area contributed by atoms with E-state index in [1.54, 1.807) is 22.6 Å². The quantitative estimate of drug-likeness (QED) is 0.388. The van der Waals surface area contributed by atoms with Crippen LogP contribution in [0.3, 0.4) is 0 Å². The smallest absolute Gasteiger partial charge is 0.343 e. The molecular weight excluding hydrogens is 472 g/mol. The van der Waals surface area contributed by atoms with Crippen LogP contribution in [0.2, 0.25) is 0 Å². The highest BCUT2D eigenvalue weighted by Gasteiger charge is 2.14. The highest BCUT2D eigenvalue weighted by Crippen LogP contribution is 2.34. The van der Waals surface area contributed by atoms with Crippen molar-refractivity contribution >= 4 is 55.3 Å². The fraction of sp³-hybridized carbons (Fsp3) is 0.190. The number of esters is 1. The summed E-state index contributed by atoms with van der Waals surface area (Å²) in [6, 6.07) is 11.0. The summed E-state index contributed by atoms with van der Waals surface area (Å²) in [7, 11) is 1.30. The average molecular weight is 489 g/mol. The molecule has 0 radical (unpaired) electrons. The predicted octanol–water partition coefficient (Wildman–Crippen LogP) is 3.17. The lowest BCUT2D eigenvalue weighted by Gasteiger charge is -2.13. The number of rotatable bonds is 6. The highest BCUT2D eigenvalue weighted by atomic mass is 79.9. The number of hydrogen-bond donors (Lipinski definition) is 0. The molecule has 0 unspecified atom stereocenters. The van der Waals surface area contributed by atoms with Crippen molar-refractivity contribution in [3.05, 3.63) is 61.3 Å². The fourth-order valence-corrected chi connectivity index (χ4v) is 4.41. The van der Waals surface area contributed by atoms with Gasteiger partial charge in [-0.25, -0.2) is 14.2 Å². The summed E-state index contributed by atoms with van der Waals surface area (Å²) in [6.07, 6.45) is 1.78. The van der Waals surface area contributed by atoms with Gasteiger partial charge in [-0.2, -0.15) is 0 Å². The summed E-state index contributed by atoms with van der Waals surface area (Å²) in [5, 5.41) is 0. The lowest BCUT2D eigenvalue weighted by atomic mass is 10.2. The van der Waals surface area contributed by atoms with Gasteiger partial charge in [0.2, 0.25) is 0 Å². The average Bonchev–Trinajstić information content (AvgIpc) is 3.25. The number of thiazole rings is 1. The van der Waals surface area contributed by atoms with Gasteiger partial charge in [0.05, 0.1) is 29.3 Å². The van der Waals surface area contributed by atoms with E-state index in [1.165, 1.54) is 18.4 Å². The van der Waals surface area contributed by atoms with Crippen LogP contribution in [0.15, 0.2) is 45.7 Å². The Morgan fingerprint density at radius 3 is 2.77 bits per heavy atom. The molecule has 4 aromatic rings.